The van der Waals surface area contributed by atoms with Gasteiger partial charge in [-0.1, -0.05) is 61.1 Å². The second kappa shape index (κ2) is 5.36. The third kappa shape index (κ3) is 3.75. The van der Waals surface area contributed by atoms with Gasteiger partial charge in [-0.2, -0.15) is 0 Å². The molecule has 0 nitrogen and oxygen atoms in total. The summed E-state index contributed by atoms with van der Waals surface area (Å²) in [5.41, 5.74) is 2.66. The van der Waals surface area contributed by atoms with Gasteiger partial charge in [-0.05, 0) is 18.9 Å². The Morgan fingerprint density at radius 3 is 2.54 bits per heavy atom. The van der Waals surface area contributed by atoms with Crippen LogP contribution < -0.4 is 0 Å². The lowest BCUT2D eigenvalue weighted by molar-refractivity contribution is 1.10. The first-order valence-corrected chi connectivity index (χ1v) is 4.72. The Balaban J connectivity index is 2.60. The third-order valence-corrected chi connectivity index (χ3v) is 2.03. The first-order valence-electron chi connectivity index (χ1n) is 4.72. The monoisotopic (exact) mass is 172 g/mol. The molecule has 0 unspecified atom stereocenters. The van der Waals surface area contributed by atoms with E-state index in [4.69, 9.17) is 0 Å². The molecule has 1 aromatic carbocycles. The minimum absolute atomic E-state index is 1.12. The van der Waals surface area contributed by atoms with Crippen LogP contribution in [0.1, 0.15) is 25.8 Å². The zero-order valence-electron chi connectivity index (χ0n) is 8.33. The standard InChI is InChI=1S/C13H16/c1-3-12(2)8-7-11-13-9-5-4-6-10-13/h4-11H,3H2,1-2H3. The summed E-state index contributed by atoms with van der Waals surface area (Å²) in [5.74, 6) is 0. The molecular formula is C13H16. The van der Waals surface area contributed by atoms with E-state index in [1.54, 1.807) is 0 Å². The fourth-order valence-corrected chi connectivity index (χ4v) is 1.01. The van der Waals surface area contributed by atoms with Crippen molar-refractivity contribution in [3.63, 3.8) is 0 Å². The molecule has 0 heteroatoms. The van der Waals surface area contributed by atoms with Crippen molar-refractivity contribution in [3.05, 3.63) is 53.6 Å². The molecule has 1 aromatic rings. The predicted molar refractivity (Wildman–Crippen MR) is 59.5 cm³/mol. The number of benzene rings is 1. The Hall–Kier alpha value is -1.30. The van der Waals surface area contributed by atoms with Crippen LogP contribution in [0.25, 0.3) is 6.08 Å². The van der Waals surface area contributed by atoms with Gasteiger partial charge in [0, 0.05) is 0 Å². The average molecular weight is 172 g/mol. The van der Waals surface area contributed by atoms with E-state index < -0.39 is 0 Å². The van der Waals surface area contributed by atoms with Gasteiger partial charge in [0.05, 0.1) is 0 Å². The number of hydrogen-bond acceptors (Lipinski definition) is 0. The molecule has 0 radical (unpaired) electrons. The van der Waals surface area contributed by atoms with Gasteiger partial charge in [0.25, 0.3) is 0 Å². The van der Waals surface area contributed by atoms with E-state index in [9.17, 15) is 0 Å². The minimum Gasteiger partial charge on any atom is -0.0736 e. The highest BCUT2D eigenvalue weighted by atomic mass is 13.9. The summed E-state index contributed by atoms with van der Waals surface area (Å²) in [6, 6.07) is 10.3. The van der Waals surface area contributed by atoms with Crippen LogP contribution >= 0.6 is 0 Å². The van der Waals surface area contributed by atoms with Crippen molar-refractivity contribution in [2.45, 2.75) is 20.3 Å². The van der Waals surface area contributed by atoms with Crippen molar-refractivity contribution in [3.8, 4) is 0 Å². The molecule has 13 heavy (non-hydrogen) atoms. The van der Waals surface area contributed by atoms with Gasteiger partial charge in [-0.3, -0.25) is 0 Å². The van der Waals surface area contributed by atoms with E-state index in [0.717, 1.165) is 6.42 Å². The molecule has 0 bridgehead atoms. The molecule has 0 aromatic heterocycles. The van der Waals surface area contributed by atoms with Crippen LogP contribution in [-0.2, 0) is 0 Å². The van der Waals surface area contributed by atoms with Crippen molar-refractivity contribution in [1.29, 1.82) is 0 Å². The first kappa shape index (κ1) is 9.79. The molecule has 0 fully saturated rings. The molecule has 0 aliphatic carbocycles. The molecule has 0 aliphatic heterocycles. The number of rotatable bonds is 3. The molecule has 0 N–H and O–H groups in total. The summed E-state index contributed by atoms with van der Waals surface area (Å²) < 4.78 is 0. The summed E-state index contributed by atoms with van der Waals surface area (Å²) >= 11 is 0. The predicted octanol–water partition coefficient (Wildman–Crippen LogP) is 4.06. The lowest BCUT2D eigenvalue weighted by atomic mass is 10.2. The molecule has 0 heterocycles. The van der Waals surface area contributed by atoms with Gasteiger partial charge in [-0.25, -0.2) is 0 Å². The molecule has 0 atom stereocenters. The van der Waals surface area contributed by atoms with Gasteiger partial charge >= 0.3 is 0 Å². The summed E-state index contributed by atoms with van der Waals surface area (Å²) in [5, 5.41) is 0. The van der Waals surface area contributed by atoms with Crippen LogP contribution in [0.5, 0.6) is 0 Å². The molecule has 0 aliphatic rings. The maximum Gasteiger partial charge on any atom is -0.0257 e. The zero-order chi connectivity index (χ0) is 9.52. The second-order valence-corrected chi connectivity index (χ2v) is 3.14. The van der Waals surface area contributed by atoms with Gasteiger partial charge in [0.1, 0.15) is 0 Å². The van der Waals surface area contributed by atoms with Crippen LogP contribution in [0.3, 0.4) is 0 Å². The molecule has 0 saturated heterocycles. The van der Waals surface area contributed by atoms with Crippen LogP contribution in [0.15, 0.2) is 48.1 Å². The van der Waals surface area contributed by atoms with E-state index in [2.05, 4.69) is 56.3 Å². The molecule has 1 rings (SSSR count). The highest BCUT2D eigenvalue weighted by Gasteiger charge is 1.81. The van der Waals surface area contributed by atoms with Gasteiger partial charge < -0.3 is 0 Å². The third-order valence-electron chi connectivity index (χ3n) is 2.03. The largest absolute Gasteiger partial charge is 0.0736 e. The van der Waals surface area contributed by atoms with Crippen molar-refractivity contribution in [2.75, 3.05) is 0 Å². The van der Waals surface area contributed by atoms with Gasteiger partial charge in [-0.15, -0.1) is 0 Å². The summed E-state index contributed by atoms with van der Waals surface area (Å²) in [4.78, 5) is 0. The highest BCUT2D eigenvalue weighted by molar-refractivity contribution is 5.50. The lowest BCUT2D eigenvalue weighted by Crippen LogP contribution is -1.69. The Bertz CT molecular complexity index is 291. The number of hydrogen-bond donors (Lipinski definition) is 0. The Morgan fingerprint density at radius 1 is 1.23 bits per heavy atom. The Labute approximate surface area is 80.6 Å². The quantitative estimate of drug-likeness (QED) is 0.603. The van der Waals surface area contributed by atoms with Crippen molar-refractivity contribution < 1.29 is 0 Å². The highest BCUT2D eigenvalue weighted by Crippen LogP contribution is 2.03. The van der Waals surface area contributed by atoms with Crippen molar-refractivity contribution in [2.24, 2.45) is 0 Å². The zero-order valence-corrected chi connectivity index (χ0v) is 8.33. The maximum atomic E-state index is 2.17. The smallest absolute Gasteiger partial charge is 0.0257 e. The topological polar surface area (TPSA) is 0 Å². The van der Waals surface area contributed by atoms with E-state index in [1.807, 2.05) is 6.07 Å². The molecule has 68 valence electrons. The minimum atomic E-state index is 1.12. The molecular weight excluding hydrogens is 156 g/mol. The fourth-order valence-electron chi connectivity index (χ4n) is 1.01. The Kier molecular flexibility index (Phi) is 4.04. The summed E-state index contributed by atoms with van der Waals surface area (Å²) in [7, 11) is 0. The second-order valence-electron chi connectivity index (χ2n) is 3.14. The van der Waals surface area contributed by atoms with Crippen LogP contribution in [0, 0.1) is 0 Å². The normalized spacial score (nSPS) is 12.3. The number of allylic oxidation sites excluding steroid dienone is 3. The molecule has 0 saturated carbocycles. The van der Waals surface area contributed by atoms with Gasteiger partial charge in [0.2, 0.25) is 0 Å². The van der Waals surface area contributed by atoms with Crippen molar-refractivity contribution >= 4 is 6.08 Å². The lowest BCUT2D eigenvalue weighted by Gasteiger charge is -1.91. The molecule has 0 amide bonds. The van der Waals surface area contributed by atoms with Gasteiger partial charge in [0.15, 0.2) is 0 Å². The average Bonchev–Trinajstić information content (AvgIpc) is 2.19. The maximum absolute atomic E-state index is 2.17. The van der Waals surface area contributed by atoms with E-state index in [1.165, 1.54) is 11.1 Å². The first-order chi connectivity index (χ1) is 6.33. The summed E-state index contributed by atoms with van der Waals surface area (Å²) in [6.07, 6.45) is 7.51. The van der Waals surface area contributed by atoms with E-state index >= 15 is 0 Å². The SMILES string of the molecule is CCC(C)=CC=Cc1ccccc1. The van der Waals surface area contributed by atoms with Crippen molar-refractivity contribution in [1.82, 2.24) is 0 Å². The van der Waals surface area contributed by atoms with E-state index in [0.29, 0.717) is 0 Å². The molecule has 0 spiro atoms. The van der Waals surface area contributed by atoms with Crippen LogP contribution in [0.4, 0.5) is 0 Å². The van der Waals surface area contributed by atoms with E-state index in [-0.39, 0.29) is 0 Å². The Morgan fingerprint density at radius 2 is 1.92 bits per heavy atom. The van der Waals surface area contributed by atoms with Crippen LogP contribution in [-0.4, -0.2) is 0 Å². The summed E-state index contributed by atoms with van der Waals surface area (Å²) in [6.45, 7) is 4.32. The fraction of sp³-hybridized carbons (Fsp3) is 0.231. The van der Waals surface area contributed by atoms with Crippen LogP contribution in [0.2, 0.25) is 0 Å².